The van der Waals surface area contributed by atoms with Crippen LogP contribution in [0, 0.1) is 11.6 Å². The normalized spacial score (nSPS) is 11.4. The molecule has 0 aliphatic rings. The molecule has 0 spiro atoms. The number of aliphatic carboxylic acids is 1. The second kappa shape index (κ2) is 9.41. The van der Waals surface area contributed by atoms with Gasteiger partial charge in [0.05, 0.1) is 11.8 Å². The summed E-state index contributed by atoms with van der Waals surface area (Å²) in [6.07, 6.45) is -0.0551. The van der Waals surface area contributed by atoms with Crippen LogP contribution in [0.2, 0.25) is 0 Å². The molecule has 2 aromatic carbocycles. The number of nitrogens with zero attached hydrogens (tertiary/aromatic N) is 3. The van der Waals surface area contributed by atoms with E-state index >= 15 is 0 Å². The summed E-state index contributed by atoms with van der Waals surface area (Å²) in [4.78, 5) is 28.7. The van der Waals surface area contributed by atoms with Gasteiger partial charge < -0.3 is 24.0 Å². The molecule has 192 valence electrons. The molecular weight excluding hydrogens is 503 g/mol. The Bertz CT molecular complexity index is 1700. The third-order valence-corrected chi connectivity index (χ3v) is 5.38. The summed E-state index contributed by atoms with van der Waals surface area (Å²) >= 11 is 0. The highest BCUT2D eigenvalue weighted by atomic mass is 19.4. The number of alkyl halides is 3. The van der Waals surface area contributed by atoms with E-state index in [-0.39, 0.29) is 11.3 Å². The van der Waals surface area contributed by atoms with E-state index in [2.05, 4.69) is 9.97 Å². The van der Waals surface area contributed by atoms with Gasteiger partial charge in [0, 0.05) is 49.1 Å². The monoisotopic (exact) mass is 520 g/mol. The van der Waals surface area contributed by atoms with Gasteiger partial charge in [0.1, 0.15) is 16.9 Å². The number of imidazole rings is 1. The summed E-state index contributed by atoms with van der Waals surface area (Å²) in [7, 11) is 3.50. The van der Waals surface area contributed by atoms with Crippen molar-refractivity contribution in [3.63, 3.8) is 0 Å². The fourth-order valence-corrected chi connectivity index (χ4v) is 3.64. The number of carboxylic acids is 1. The van der Waals surface area contributed by atoms with Crippen molar-refractivity contribution >= 4 is 27.9 Å². The molecule has 0 aliphatic heterocycles. The molecule has 0 fully saturated rings. The lowest BCUT2D eigenvalue weighted by Crippen LogP contribution is -2.21. The fraction of sp³-hybridized carbons (Fsp3) is 0.125. The van der Waals surface area contributed by atoms with E-state index in [1.807, 2.05) is 23.7 Å². The third-order valence-electron chi connectivity index (χ3n) is 5.38. The Hall–Kier alpha value is -4.68. The number of ether oxygens (including phenoxy) is 1. The first-order valence-electron chi connectivity index (χ1n) is 10.4. The minimum absolute atomic E-state index is 0.120. The van der Waals surface area contributed by atoms with E-state index in [9.17, 15) is 26.7 Å². The maximum atomic E-state index is 14.4. The van der Waals surface area contributed by atoms with Crippen LogP contribution in [0.3, 0.4) is 0 Å². The van der Waals surface area contributed by atoms with E-state index in [1.165, 1.54) is 10.6 Å². The molecule has 0 bridgehead atoms. The number of nitrogens with one attached hydrogen (secondary N) is 1. The molecule has 5 rings (SSSR count). The van der Waals surface area contributed by atoms with Crippen molar-refractivity contribution in [3.05, 3.63) is 77.1 Å². The Balaban J connectivity index is 0.000000405. The Morgan fingerprint density at radius 3 is 2.41 bits per heavy atom. The number of H-pyrrole nitrogens is 1. The number of pyridine rings is 1. The highest BCUT2D eigenvalue weighted by molar-refractivity contribution is 6.00. The standard InChI is InChI=1S/C22H16F2N4O2.C2HF3O2/c1-27-10-15(13-7-8-25-19(13)22(27)29)14-4-5-17-20(26-11-28(17)2)21(14)30-18-6-3-12(23)9-16(18)24;3-2(4,5)1(6)7/h3-11,25H,1-2H3;(H,6,7). The Morgan fingerprint density at radius 1 is 1.05 bits per heavy atom. The molecule has 0 amide bonds. The fourth-order valence-electron chi connectivity index (χ4n) is 3.64. The smallest absolute Gasteiger partial charge is 0.475 e. The summed E-state index contributed by atoms with van der Waals surface area (Å²) in [5, 5.41) is 7.83. The van der Waals surface area contributed by atoms with Crippen molar-refractivity contribution in [1.82, 2.24) is 19.1 Å². The summed E-state index contributed by atoms with van der Waals surface area (Å²) in [5.41, 5.74) is 2.95. The molecule has 3 heterocycles. The average Bonchev–Trinajstić information content (AvgIpc) is 3.46. The molecule has 37 heavy (non-hydrogen) atoms. The van der Waals surface area contributed by atoms with Gasteiger partial charge in [-0.1, -0.05) is 0 Å². The lowest BCUT2D eigenvalue weighted by molar-refractivity contribution is -0.192. The molecule has 0 unspecified atom stereocenters. The van der Waals surface area contributed by atoms with Crippen molar-refractivity contribution in [1.29, 1.82) is 0 Å². The van der Waals surface area contributed by atoms with Gasteiger partial charge in [0.25, 0.3) is 5.56 Å². The van der Waals surface area contributed by atoms with Crippen LogP contribution < -0.4 is 10.3 Å². The number of halogens is 5. The topological polar surface area (TPSA) is 102 Å². The van der Waals surface area contributed by atoms with E-state index in [1.54, 1.807) is 31.8 Å². The number of carbonyl (C=O) groups is 1. The summed E-state index contributed by atoms with van der Waals surface area (Å²) in [5.74, 6) is -4.07. The predicted octanol–water partition coefficient (Wildman–Crippen LogP) is 5.12. The number of carboxylic acid groups (broad SMARTS) is 1. The van der Waals surface area contributed by atoms with Gasteiger partial charge in [0.15, 0.2) is 17.3 Å². The van der Waals surface area contributed by atoms with Crippen LogP contribution in [-0.4, -0.2) is 36.4 Å². The van der Waals surface area contributed by atoms with Crippen LogP contribution >= 0.6 is 0 Å². The first-order valence-corrected chi connectivity index (χ1v) is 10.4. The number of aromatic amines is 1. The van der Waals surface area contributed by atoms with Crippen molar-refractivity contribution in [2.45, 2.75) is 6.18 Å². The average molecular weight is 520 g/mol. The van der Waals surface area contributed by atoms with Gasteiger partial charge >= 0.3 is 12.1 Å². The van der Waals surface area contributed by atoms with Crippen LogP contribution in [0.25, 0.3) is 33.1 Å². The molecule has 0 saturated heterocycles. The second-order valence-corrected chi connectivity index (χ2v) is 7.87. The van der Waals surface area contributed by atoms with Crippen LogP contribution in [0.5, 0.6) is 11.5 Å². The minimum Gasteiger partial charge on any atom is -0.475 e. The molecule has 2 N–H and O–H groups in total. The number of aryl methyl sites for hydroxylation is 2. The molecule has 5 aromatic rings. The zero-order valence-electron chi connectivity index (χ0n) is 19.1. The summed E-state index contributed by atoms with van der Waals surface area (Å²) in [6.45, 7) is 0. The molecule has 0 saturated carbocycles. The number of fused-ring (bicyclic) bond motifs is 2. The van der Waals surface area contributed by atoms with E-state index < -0.39 is 23.8 Å². The zero-order valence-corrected chi connectivity index (χ0v) is 19.1. The van der Waals surface area contributed by atoms with Crippen molar-refractivity contribution in [3.8, 4) is 22.6 Å². The summed E-state index contributed by atoms with van der Waals surface area (Å²) in [6, 6.07) is 8.67. The lowest BCUT2D eigenvalue weighted by Gasteiger charge is -2.15. The number of benzene rings is 2. The van der Waals surface area contributed by atoms with Gasteiger partial charge in [-0.15, -0.1) is 0 Å². The predicted molar refractivity (Wildman–Crippen MR) is 123 cm³/mol. The Morgan fingerprint density at radius 2 is 1.76 bits per heavy atom. The molecule has 0 radical (unpaired) electrons. The molecule has 0 atom stereocenters. The van der Waals surface area contributed by atoms with Crippen LogP contribution in [0.4, 0.5) is 22.0 Å². The maximum absolute atomic E-state index is 14.4. The van der Waals surface area contributed by atoms with Crippen LogP contribution in [0.1, 0.15) is 0 Å². The minimum atomic E-state index is -5.08. The highest BCUT2D eigenvalue weighted by Crippen LogP contribution is 2.41. The summed E-state index contributed by atoms with van der Waals surface area (Å²) < 4.78 is 68.7. The number of rotatable bonds is 3. The first kappa shape index (κ1) is 25.4. The maximum Gasteiger partial charge on any atom is 0.490 e. The van der Waals surface area contributed by atoms with Crippen molar-refractivity contribution in [2.24, 2.45) is 14.1 Å². The number of aromatic nitrogens is 4. The van der Waals surface area contributed by atoms with E-state index in [0.29, 0.717) is 27.7 Å². The van der Waals surface area contributed by atoms with E-state index in [4.69, 9.17) is 14.6 Å². The highest BCUT2D eigenvalue weighted by Gasteiger charge is 2.38. The number of hydrogen-bond acceptors (Lipinski definition) is 4. The first-order chi connectivity index (χ1) is 17.4. The number of hydrogen-bond donors (Lipinski definition) is 2. The quantitative estimate of drug-likeness (QED) is 0.322. The van der Waals surface area contributed by atoms with Crippen molar-refractivity contribution < 1.29 is 36.6 Å². The van der Waals surface area contributed by atoms with Gasteiger partial charge in [-0.2, -0.15) is 13.2 Å². The second-order valence-electron chi connectivity index (χ2n) is 7.87. The Kier molecular flexibility index (Phi) is 6.46. The molecular formula is C24H17F5N4O4. The third kappa shape index (κ3) is 4.87. The molecule has 3 aromatic heterocycles. The molecule has 13 heteroatoms. The zero-order chi connectivity index (χ0) is 27.1. The van der Waals surface area contributed by atoms with Gasteiger partial charge in [0.2, 0.25) is 0 Å². The van der Waals surface area contributed by atoms with E-state index in [0.717, 1.165) is 23.2 Å². The van der Waals surface area contributed by atoms with Crippen LogP contribution in [0.15, 0.2) is 59.9 Å². The van der Waals surface area contributed by atoms with Crippen LogP contribution in [-0.2, 0) is 18.9 Å². The lowest BCUT2D eigenvalue weighted by atomic mass is 10.0. The van der Waals surface area contributed by atoms with Gasteiger partial charge in [-0.3, -0.25) is 4.79 Å². The van der Waals surface area contributed by atoms with Gasteiger partial charge in [-0.25, -0.2) is 18.6 Å². The largest absolute Gasteiger partial charge is 0.490 e. The van der Waals surface area contributed by atoms with Gasteiger partial charge in [-0.05, 0) is 30.3 Å². The van der Waals surface area contributed by atoms with Crippen molar-refractivity contribution in [2.75, 3.05) is 0 Å². The molecule has 8 nitrogen and oxygen atoms in total. The Labute approximate surface area is 204 Å². The molecule has 0 aliphatic carbocycles. The SMILES string of the molecule is Cn1cc(-c2ccc3c(ncn3C)c2Oc2ccc(F)cc2F)c2cc[nH]c2c1=O.O=C(O)C(F)(F)F.